The van der Waals surface area contributed by atoms with Crippen molar-refractivity contribution in [2.45, 2.75) is 12.4 Å². The first-order valence-electron chi connectivity index (χ1n) is 8.28. The standard InChI is InChI=1S/C14H15P.C6H15ClN2.W/c1-2-15(13-9-5-3-6-10-13)14-11-7-4-8-12-14;1-8(2)5-6(7)9(3)4;/h3-12H,2H2,1H3;6H,5H2,1-4H3;. The molecule has 0 aliphatic rings. The number of likely N-dealkylation sites (N-methyl/N-ethyl adjacent to an activating group) is 2. The summed E-state index contributed by atoms with van der Waals surface area (Å²) in [7, 11) is 7.82. The van der Waals surface area contributed by atoms with Crippen molar-refractivity contribution in [3.8, 4) is 0 Å². The van der Waals surface area contributed by atoms with Gasteiger partial charge in [0.05, 0.1) is 5.50 Å². The summed E-state index contributed by atoms with van der Waals surface area (Å²) in [5, 5.41) is 2.95. The average molecular weight is 549 g/mol. The van der Waals surface area contributed by atoms with Crippen LogP contribution in [-0.4, -0.2) is 56.2 Å². The van der Waals surface area contributed by atoms with Crippen LogP contribution in [0.15, 0.2) is 60.7 Å². The molecule has 2 aromatic carbocycles. The average Bonchev–Trinajstić information content (AvgIpc) is 2.57. The van der Waals surface area contributed by atoms with Crippen molar-refractivity contribution in [1.29, 1.82) is 0 Å². The third-order valence-electron chi connectivity index (χ3n) is 3.53. The van der Waals surface area contributed by atoms with Crippen molar-refractivity contribution >= 4 is 30.1 Å². The first-order chi connectivity index (χ1) is 11.5. The zero-order valence-electron chi connectivity index (χ0n) is 15.9. The molecular weight excluding hydrogens is 519 g/mol. The van der Waals surface area contributed by atoms with Crippen molar-refractivity contribution in [3.05, 3.63) is 60.7 Å². The molecule has 5 heteroatoms. The van der Waals surface area contributed by atoms with Crippen LogP contribution >= 0.6 is 19.5 Å². The van der Waals surface area contributed by atoms with Gasteiger partial charge in [-0.2, -0.15) is 0 Å². The summed E-state index contributed by atoms with van der Waals surface area (Å²) in [5.74, 6) is 0. The van der Waals surface area contributed by atoms with Crippen LogP contribution in [0.25, 0.3) is 0 Å². The minimum absolute atomic E-state index is 0. The van der Waals surface area contributed by atoms with Crippen LogP contribution in [0.3, 0.4) is 0 Å². The minimum Gasteiger partial charge on any atom is -0.307 e. The van der Waals surface area contributed by atoms with E-state index in [-0.39, 0.29) is 34.5 Å². The van der Waals surface area contributed by atoms with Gasteiger partial charge >= 0.3 is 0 Å². The Morgan fingerprint density at radius 3 is 1.48 bits per heavy atom. The van der Waals surface area contributed by atoms with Gasteiger partial charge in [0.1, 0.15) is 0 Å². The maximum Gasteiger partial charge on any atom is 0.0973 e. The van der Waals surface area contributed by atoms with Crippen molar-refractivity contribution in [1.82, 2.24) is 9.80 Å². The Morgan fingerprint density at radius 1 is 0.840 bits per heavy atom. The molecule has 0 saturated carbocycles. The molecule has 0 N–H and O–H groups in total. The molecule has 25 heavy (non-hydrogen) atoms. The first kappa shape index (κ1) is 24.8. The fourth-order valence-electron chi connectivity index (χ4n) is 2.19. The second-order valence-electron chi connectivity index (χ2n) is 6.08. The number of halogens is 1. The second kappa shape index (κ2) is 13.9. The quantitative estimate of drug-likeness (QED) is 0.308. The molecule has 0 fully saturated rings. The normalized spacial score (nSPS) is 11.7. The number of rotatable bonds is 6. The summed E-state index contributed by atoms with van der Waals surface area (Å²) in [6, 6.07) is 21.6. The van der Waals surface area contributed by atoms with E-state index in [1.54, 1.807) is 0 Å². The van der Waals surface area contributed by atoms with Gasteiger partial charge in [0, 0.05) is 27.6 Å². The maximum atomic E-state index is 5.89. The molecule has 2 rings (SSSR count). The van der Waals surface area contributed by atoms with E-state index in [4.69, 9.17) is 11.6 Å². The van der Waals surface area contributed by atoms with Crippen LogP contribution in [0.4, 0.5) is 0 Å². The van der Waals surface area contributed by atoms with Crippen molar-refractivity contribution in [3.63, 3.8) is 0 Å². The van der Waals surface area contributed by atoms with Gasteiger partial charge in [-0.05, 0) is 52.9 Å². The largest absolute Gasteiger partial charge is 0.307 e. The Morgan fingerprint density at radius 2 is 1.24 bits per heavy atom. The van der Waals surface area contributed by atoms with E-state index in [1.807, 2.05) is 33.1 Å². The summed E-state index contributed by atoms with van der Waals surface area (Å²) in [5.41, 5.74) is 0.125. The molecule has 0 aliphatic heterocycles. The van der Waals surface area contributed by atoms with Gasteiger partial charge in [-0.1, -0.05) is 67.6 Å². The summed E-state index contributed by atoms with van der Waals surface area (Å²) in [6.45, 7) is 3.17. The Hall–Kier alpha value is -0.232. The third kappa shape index (κ3) is 9.88. The summed E-state index contributed by atoms with van der Waals surface area (Å²) in [4.78, 5) is 4.05. The topological polar surface area (TPSA) is 6.48 Å². The van der Waals surface area contributed by atoms with Crippen molar-refractivity contribution in [2.24, 2.45) is 0 Å². The molecule has 0 heterocycles. The van der Waals surface area contributed by atoms with Gasteiger partial charge < -0.3 is 4.90 Å². The molecule has 0 saturated heterocycles. The molecule has 0 bridgehead atoms. The van der Waals surface area contributed by atoms with E-state index < -0.39 is 0 Å². The zero-order chi connectivity index (χ0) is 17.9. The Kier molecular flexibility index (Phi) is 13.8. The molecule has 138 valence electrons. The SMILES string of the molecule is CCP(c1ccccc1)c1ccccc1.CN(C)CC(Cl)N(C)C.[W]. The fourth-order valence-corrected chi connectivity index (χ4v) is 4.56. The molecular formula is C20H30ClN2PW. The molecule has 0 aliphatic carbocycles. The van der Waals surface area contributed by atoms with Crippen LogP contribution in [0, 0.1) is 0 Å². The molecule has 2 nitrogen and oxygen atoms in total. The van der Waals surface area contributed by atoms with Gasteiger partial charge in [-0.25, -0.2) is 0 Å². The third-order valence-corrected chi connectivity index (χ3v) is 6.53. The molecule has 2 aromatic rings. The van der Waals surface area contributed by atoms with Gasteiger partial charge in [0.25, 0.3) is 0 Å². The minimum atomic E-state index is -0.149. The maximum absolute atomic E-state index is 5.89. The Bertz CT molecular complexity index is 513. The van der Waals surface area contributed by atoms with Crippen LogP contribution in [-0.2, 0) is 21.1 Å². The number of alkyl halides is 1. The van der Waals surface area contributed by atoms with Crippen molar-refractivity contribution in [2.75, 3.05) is 40.9 Å². The molecule has 0 amide bonds. The van der Waals surface area contributed by atoms with E-state index in [9.17, 15) is 0 Å². The van der Waals surface area contributed by atoms with E-state index in [1.165, 1.54) is 16.8 Å². The summed E-state index contributed by atoms with van der Waals surface area (Å²) < 4.78 is 0. The Labute approximate surface area is 174 Å². The number of hydrogen-bond acceptors (Lipinski definition) is 2. The van der Waals surface area contributed by atoms with Crippen LogP contribution < -0.4 is 10.6 Å². The van der Waals surface area contributed by atoms with Crippen LogP contribution in [0.1, 0.15) is 6.92 Å². The van der Waals surface area contributed by atoms with E-state index in [0.29, 0.717) is 0 Å². The summed E-state index contributed by atoms with van der Waals surface area (Å²) in [6.07, 6.45) is 1.21. The molecule has 0 spiro atoms. The molecule has 1 unspecified atom stereocenters. The first-order valence-corrected chi connectivity index (χ1v) is 10.2. The predicted molar refractivity (Wildman–Crippen MR) is 111 cm³/mol. The zero-order valence-corrected chi connectivity index (χ0v) is 20.5. The number of benzene rings is 2. The van der Waals surface area contributed by atoms with E-state index >= 15 is 0 Å². The monoisotopic (exact) mass is 548 g/mol. The van der Waals surface area contributed by atoms with Gasteiger partial charge in [-0.3, -0.25) is 4.90 Å². The van der Waals surface area contributed by atoms with E-state index in [2.05, 4.69) is 72.5 Å². The fraction of sp³-hybridized carbons (Fsp3) is 0.400. The Balaban J connectivity index is 0.000000504. The predicted octanol–water partition coefficient (Wildman–Crippen LogP) is 3.81. The molecule has 1 atom stereocenters. The van der Waals surface area contributed by atoms with Crippen LogP contribution in [0.5, 0.6) is 0 Å². The number of hydrogen-bond donors (Lipinski definition) is 0. The van der Waals surface area contributed by atoms with Crippen molar-refractivity contribution < 1.29 is 21.1 Å². The smallest absolute Gasteiger partial charge is 0.0973 e. The van der Waals surface area contributed by atoms with Crippen LogP contribution in [0.2, 0.25) is 0 Å². The molecule has 0 aromatic heterocycles. The van der Waals surface area contributed by atoms with E-state index in [0.717, 1.165) is 6.54 Å². The summed E-state index contributed by atoms with van der Waals surface area (Å²) >= 11 is 5.89. The van der Waals surface area contributed by atoms with Gasteiger partial charge in [0.2, 0.25) is 0 Å². The van der Waals surface area contributed by atoms with Gasteiger partial charge in [0.15, 0.2) is 0 Å². The second-order valence-corrected chi connectivity index (χ2v) is 9.10. The molecule has 0 radical (unpaired) electrons. The number of nitrogens with zero attached hydrogens (tertiary/aromatic N) is 2. The van der Waals surface area contributed by atoms with Gasteiger partial charge in [-0.15, -0.1) is 11.6 Å².